The maximum absolute atomic E-state index is 11.4. The number of nitrogens with one attached hydrogen (secondary N) is 1. The van der Waals surface area contributed by atoms with Crippen LogP contribution in [0.1, 0.15) is 11.1 Å². The highest BCUT2D eigenvalue weighted by Gasteiger charge is 2.00. The van der Waals surface area contributed by atoms with E-state index in [0.717, 1.165) is 11.1 Å². The zero-order valence-corrected chi connectivity index (χ0v) is 8.66. The van der Waals surface area contributed by atoms with Gasteiger partial charge in [0.2, 0.25) is 0 Å². The van der Waals surface area contributed by atoms with E-state index in [0.29, 0.717) is 11.6 Å². The zero-order valence-electron chi connectivity index (χ0n) is 7.90. The molecule has 4 heteroatoms. The lowest BCUT2D eigenvalue weighted by molar-refractivity contribution is 1.08. The van der Waals surface area contributed by atoms with Crippen LogP contribution < -0.4 is 5.56 Å². The molecule has 0 amide bonds. The molecule has 15 heavy (non-hydrogen) atoms. The van der Waals surface area contributed by atoms with Crippen LogP contribution in [0.3, 0.4) is 0 Å². The monoisotopic (exact) mass is 220 g/mol. The molecule has 0 saturated heterocycles. The molecule has 0 atom stereocenters. The molecule has 0 radical (unpaired) electrons. The number of hydrogen-bond donors (Lipinski definition) is 1. The van der Waals surface area contributed by atoms with Crippen molar-refractivity contribution < 1.29 is 0 Å². The van der Waals surface area contributed by atoms with E-state index in [1.165, 1.54) is 0 Å². The summed E-state index contributed by atoms with van der Waals surface area (Å²) in [6, 6.07) is 7.18. The summed E-state index contributed by atoms with van der Waals surface area (Å²) in [5.41, 5.74) is 1.63. The second kappa shape index (κ2) is 4.28. The minimum absolute atomic E-state index is 0.0625. The standard InChI is InChI=1S/C11H9ClN2O/c12-10-4-3-8(7-14-10)6-9-2-1-5-13-11(9)15/h1-5,7H,6H2,(H,13,15). The van der Waals surface area contributed by atoms with Gasteiger partial charge in [-0.3, -0.25) is 4.79 Å². The van der Waals surface area contributed by atoms with Gasteiger partial charge in [0.25, 0.3) is 5.56 Å². The molecule has 0 saturated carbocycles. The number of hydrogen-bond acceptors (Lipinski definition) is 2. The predicted octanol–water partition coefficient (Wildman–Crippen LogP) is 2.01. The largest absolute Gasteiger partial charge is 0.329 e. The van der Waals surface area contributed by atoms with Crippen LogP contribution in [0.15, 0.2) is 41.5 Å². The molecule has 0 aliphatic heterocycles. The Morgan fingerprint density at radius 1 is 1.33 bits per heavy atom. The van der Waals surface area contributed by atoms with Crippen LogP contribution >= 0.6 is 11.6 Å². The Hall–Kier alpha value is -1.61. The van der Waals surface area contributed by atoms with Gasteiger partial charge in [-0.15, -0.1) is 0 Å². The zero-order chi connectivity index (χ0) is 10.7. The highest BCUT2D eigenvalue weighted by atomic mass is 35.5. The van der Waals surface area contributed by atoms with Crippen LogP contribution in [-0.4, -0.2) is 9.97 Å². The summed E-state index contributed by atoms with van der Waals surface area (Å²) in [7, 11) is 0. The number of halogens is 1. The molecule has 1 N–H and O–H groups in total. The number of pyridine rings is 2. The third-order valence-electron chi connectivity index (χ3n) is 2.08. The molecule has 0 aliphatic carbocycles. The van der Waals surface area contributed by atoms with Crippen molar-refractivity contribution in [2.24, 2.45) is 0 Å². The normalized spacial score (nSPS) is 10.2. The Morgan fingerprint density at radius 3 is 2.87 bits per heavy atom. The first kappa shape index (κ1) is 9.93. The summed E-state index contributed by atoms with van der Waals surface area (Å²) in [6.45, 7) is 0. The maximum atomic E-state index is 11.4. The van der Waals surface area contributed by atoms with Crippen molar-refractivity contribution >= 4 is 11.6 Å². The first-order valence-corrected chi connectivity index (χ1v) is 4.90. The van der Waals surface area contributed by atoms with Gasteiger partial charge >= 0.3 is 0 Å². The fourth-order valence-corrected chi connectivity index (χ4v) is 1.44. The average Bonchev–Trinajstić information content (AvgIpc) is 2.25. The van der Waals surface area contributed by atoms with Crippen LogP contribution in [-0.2, 0) is 6.42 Å². The molecule has 0 spiro atoms. The van der Waals surface area contributed by atoms with Gasteiger partial charge in [-0.05, 0) is 17.7 Å². The Morgan fingerprint density at radius 2 is 2.20 bits per heavy atom. The van der Waals surface area contributed by atoms with Crippen molar-refractivity contribution in [1.29, 1.82) is 0 Å². The molecule has 2 aromatic rings. The molecule has 2 heterocycles. The summed E-state index contributed by atoms with van der Waals surface area (Å²) in [5, 5.41) is 0.459. The van der Waals surface area contributed by atoms with Crippen LogP contribution in [0.2, 0.25) is 5.15 Å². The molecule has 0 bridgehead atoms. The first-order valence-electron chi connectivity index (χ1n) is 4.53. The van der Waals surface area contributed by atoms with E-state index >= 15 is 0 Å². The summed E-state index contributed by atoms with van der Waals surface area (Å²) in [6.07, 6.45) is 3.86. The van der Waals surface area contributed by atoms with E-state index < -0.39 is 0 Å². The third kappa shape index (κ3) is 2.44. The highest BCUT2D eigenvalue weighted by molar-refractivity contribution is 6.29. The third-order valence-corrected chi connectivity index (χ3v) is 2.31. The van der Waals surface area contributed by atoms with Gasteiger partial charge in [0.15, 0.2) is 0 Å². The summed E-state index contributed by atoms with van der Waals surface area (Å²) in [4.78, 5) is 18.0. The van der Waals surface area contributed by atoms with Crippen LogP contribution in [0.4, 0.5) is 0 Å². The van der Waals surface area contributed by atoms with Crippen LogP contribution in [0.25, 0.3) is 0 Å². The van der Waals surface area contributed by atoms with E-state index in [9.17, 15) is 4.79 Å². The summed E-state index contributed by atoms with van der Waals surface area (Å²) < 4.78 is 0. The number of H-pyrrole nitrogens is 1. The molecular formula is C11H9ClN2O. The average molecular weight is 221 g/mol. The molecule has 0 unspecified atom stereocenters. The lowest BCUT2D eigenvalue weighted by Gasteiger charge is -1.99. The second-order valence-electron chi connectivity index (χ2n) is 3.19. The Kier molecular flexibility index (Phi) is 2.83. The van der Waals surface area contributed by atoms with E-state index in [2.05, 4.69) is 9.97 Å². The predicted molar refractivity (Wildman–Crippen MR) is 59.1 cm³/mol. The molecule has 0 fully saturated rings. The topological polar surface area (TPSA) is 45.8 Å². The van der Waals surface area contributed by atoms with Crippen molar-refractivity contribution in [2.75, 3.05) is 0 Å². The maximum Gasteiger partial charge on any atom is 0.251 e. The number of rotatable bonds is 2. The number of aromatic amines is 1. The highest BCUT2D eigenvalue weighted by Crippen LogP contribution is 2.08. The van der Waals surface area contributed by atoms with Crippen LogP contribution in [0, 0.1) is 0 Å². The van der Waals surface area contributed by atoms with E-state index in [-0.39, 0.29) is 5.56 Å². The van der Waals surface area contributed by atoms with Crippen molar-refractivity contribution in [3.8, 4) is 0 Å². The van der Waals surface area contributed by atoms with E-state index in [4.69, 9.17) is 11.6 Å². The lowest BCUT2D eigenvalue weighted by atomic mass is 10.1. The fraction of sp³-hybridized carbons (Fsp3) is 0.0909. The van der Waals surface area contributed by atoms with Gasteiger partial charge in [0, 0.05) is 24.4 Å². The molecule has 76 valence electrons. The van der Waals surface area contributed by atoms with Crippen molar-refractivity contribution in [3.63, 3.8) is 0 Å². The molecule has 3 nitrogen and oxygen atoms in total. The lowest BCUT2D eigenvalue weighted by Crippen LogP contribution is -2.11. The Balaban J connectivity index is 2.26. The van der Waals surface area contributed by atoms with Gasteiger partial charge in [-0.25, -0.2) is 4.98 Å². The summed E-state index contributed by atoms with van der Waals surface area (Å²) in [5.74, 6) is 0. The Bertz CT molecular complexity index is 504. The van der Waals surface area contributed by atoms with E-state index in [1.807, 2.05) is 6.07 Å². The molecule has 0 aliphatic rings. The summed E-state index contributed by atoms with van der Waals surface area (Å²) >= 11 is 5.67. The van der Waals surface area contributed by atoms with Gasteiger partial charge in [0.05, 0.1) is 0 Å². The van der Waals surface area contributed by atoms with Crippen molar-refractivity contribution in [3.05, 3.63) is 63.3 Å². The second-order valence-corrected chi connectivity index (χ2v) is 3.58. The first-order chi connectivity index (χ1) is 7.25. The smallest absolute Gasteiger partial charge is 0.251 e. The van der Waals surface area contributed by atoms with Gasteiger partial charge in [-0.1, -0.05) is 23.7 Å². The van der Waals surface area contributed by atoms with E-state index in [1.54, 1.807) is 30.6 Å². The number of nitrogens with zero attached hydrogens (tertiary/aromatic N) is 1. The minimum atomic E-state index is -0.0625. The SMILES string of the molecule is O=c1[nH]cccc1Cc1ccc(Cl)nc1. The molecular weight excluding hydrogens is 212 g/mol. The van der Waals surface area contributed by atoms with Gasteiger partial charge in [0.1, 0.15) is 5.15 Å². The molecule has 2 aromatic heterocycles. The quantitative estimate of drug-likeness (QED) is 0.787. The van der Waals surface area contributed by atoms with Gasteiger partial charge in [-0.2, -0.15) is 0 Å². The van der Waals surface area contributed by atoms with Gasteiger partial charge < -0.3 is 4.98 Å². The minimum Gasteiger partial charge on any atom is -0.329 e. The molecule has 0 aromatic carbocycles. The molecule has 2 rings (SSSR count). The van der Waals surface area contributed by atoms with Crippen molar-refractivity contribution in [1.82, 2.24) is 9.97 Å². The van der Waals surface area contributed by atoms with Crippen LogP contribution in [0.5, 0.6) is 0 Å². The number of aromatic nitrogens is 2. The fourth-order valence-electron chi connectivity index (χ4n) is 1.33. The van der Waals surface area contributed by atoms with Crippen molar-refractivity contribution in [2.45, 2.75) is 6.42 Å². The Labute approximate surface area is 91.8 Å².